The molecule has 0 spiro atoms. The molecule has 3 rings (SSSR count). The van der Waals surface area contributed by atoms with Crippen LogP contribution < -0.4 is 0 Å². The highest BCUT2D eigenvalue weighted by Crippen LogP contribution is 2.42. The van der Waals surface area contributed by atoms with E-state index in [0.29, 0.717) is 12.2 Å². The normalized spacial score (nSPS) is 11.6. The van der Waals surface area contributed by atoms with Gasteiger partial charge in [-0.1, -0.05) is 19.8 Å². The van der Waals surface area contributed by atoms with E-state index in [1.54, 1.807) is 34.0 Å². The number of hydrogen-bond donors (Lipinski definition) is 0. The fourth-order valence-corrected chi connectivity index (χ4v) is 5.80. The van der Waals surface area contributed by atoms with Crippen molar-refractivity contribution < 1.29 is 4.79 Å². The average Bonchev–Trinajstić information content (AvgIpc) is 2.99. The standard InChI is InChI=1S/C14H14OS3/c1-2-3-4-5-9(15)11-8-12-14(18-11)13-10(17-12)6-7-16-13/h6-8H,2-5H2,1H3. The second-order valence-electron chi connectivity index (χ2n) is 4.40. The summed E-state index contributed by atoms with van der Waals surface area (Å²) in [6, 6.07) is 4.26. The van der Waals surface area contributed by atoms with Crippen LogP contribution in [-0.2, 0) is 0 Å². The number of fused-ring (bicyclic) bond motifs is 3. The van der Waals surface area contributed by atoms with Crippen molar-refractivity contribution >= 4 is 58.6 Å². The fraction of sp³-hybridized carbons (Fsp3) is 0.357. The third-order valence-electron chi connectivity index (χ3n) is 3.04. The number of carbonyl (C=O) groups is 1. The van der Waals surface area contributed by atoms with E-state index in [2.05, 4.69) is 24.4 Å². The molecule has 0 N–H and O–H groups in total. The summed E-state index contributed by atoms with van der Waals surface area (Å²) in [7, 11) is 0. The Kier molecular flexibility index (Phi) is 3.50. The second-order valence-corrected chi connectivity index (χ2v) is 7.45. The maximum atomic E-state index is 12.1. The van der Waals surface area contributed by atoms with E-state index < -0.39 is 0 Å². The summed E-state index contributed by atoms with van der Waals surface area (Å²) in [5.41, 5.74) is 0. The lowest BCUT2D eigenvalue weighted by Gasteiger charge is -1.96. The monoisotopic (exact) mass is 294 g/mol. The highest BCUT2D eigenvalue weighted by Gasteiger charge is 2.14. The predicted octanol–water partition coefficient (Wildman–Crippen LogP) is 5.94. The summed E-state index contributed by atoms with van der Waals surface area (Å²) in [5, 5.41) is 2.13. The fourth-order valence-electron chi connectivity index (χ4n) is 2.07. The van der Waals surface area contributed by atoms with Gasteiger partial charge in [-0.2, -0.15) is 0 Å². The highest BCUT2D eigenvalue weighted by atomic mass is 32.1. The molecule has 0 aliphatic carbocycles. The summed E-state index contributed by atoms with van der Waals surface area (Å²) < 4.78 is 5.29. The summed E-state index contributed by atoms with van der Waals surface area (Å²) in [4.78, 5) is 13.0. The van der Waals surface area contributed by atoms with Crippen LogP contribution in [0.25, 0.3) is 18.8 Å². The van der Waals surface area contributed by atoms with E-state index >= 15 is 0 Å². The molecule has 0 aliphatic heterocycles. The minimum atomic E-state index is 0.321. The molecule has 18 heavy (non-hydrogen) atoms. The maximum absolute atomic E-state index is 12.1. The predicted molar refractivity (Wildman–Crippen MR) is 83.6 cm³/mol. The third kappa shape index (κ3) is 2.13. The molecule has 0 amide bonds. The van der Waals surface area contributed by atoms with Crippen molar-refractivity contribution in [2.24, 2.45) is 0 Å². The van der Waals surface area contributed by atoms with Gasteiger partial charge in [-0.05, 0) is 23.9 Å². The largest absolute Gasteiger partial charge is 0.293 e. The van der Waals surface area contributed by atoms with E-state index in [1.165, 1.54) is 25.2 Å². The maximum Gasteiger partial charge on any atom is 0.172 e. The Morgan fingerprint density at radius 2 is 2.06 bits per heavy atom. The summed E-state index contributed by atoms with van der Waals surface area (Å²) in [6.45, 7) is 2.17. The molecule has 0 saturated heterocycles. The Hall–Kier alpha value is -0.710. The number of carbonyl (C=O) groups excluding carboxylic acids is 1. The Morgan fingerprint density at radius 1 is 1.17 bits per heavy atom. The quantitative estimate of drug-likeness (QED) is 0.420. The first-order chi connectivity index (χ1) is 8.79. The van der Waals surface area contributed by atoms with Gasteiger partial charge in [-0.3, -0.25) is 4.79 Å². The van der Waals surface area contributed by atoms with Gasteiger partial charge >= 0.3 is 0 Å². The number of unbranched alkanes of at least 4 members (excludes halogenated alkanes) is 2. The van der Waals surface area contributed by atoms with Gasteiger partial charge in [0, 0.05) is 15.8 Å². The smallest absolute Gasteiger partial charge is 0.172 e. The van der Waals surface area contributed by atoms with Gasteiger partial charge in [-0.15, -0.1) is 34.0 Å². The molecule has 4 heteroatoms. The third-order valence-corrected chi connectivity index (χ3v) is 6.65. The van der Waals surface area contributed by atoms with E-state index in [9.17, 15) is 4.79 Å². The van der Waals surface area contributed by atoms with Gasteiger partial charge in [0.05, 0.1) is 14.3 Å². The van der Waals surface area contributed by atoms with E-state index in [-0.39, 0.29) is 0 Å². The van der Waals surface area contributed by atoms with Crippen molar-refractivity contribution in [3.63, 3.8) is 0 Å². The van der Waals surface area contributed by atoms with Gasteiger partial charge in [0.15, 0.2) is 5.78 Å². The molecule has 3 aromatic rings. The second kappa shape index (κ2) is 5.11. The Morgan fingerprint density at radius 3 is 2.89 bits per heavy atom. The minimum Gasteiger partial charge on any atom is -0.293 e. The van der Waals surface area contributed by atoms with Crippen LogP contribution in [0.5, 0.6) is 0 Å². The summed E-state index contributed by atoms with van der Waals surface area (Å²) in [6.07, 6.45) is 4.05. The lowest BCUT2D eigenvalue weighted by molar-refractivity contribution is 0.0983. The highest BCUT2D eigenvalue weighted by molar-refractivity contribution is 7.38. The topological polar surface area (TPSA) is 17.1 Å². The van der Waals surface area contributed by atoms with Crippen molar-refractivity contribution in [1.82, 2.24) is 0 Å². The summed E-state index contributed by atoms with van der Waals surface area (Å²) in [5.74, 6) is 0.321. The molecule has 0 fully saturated rings. The molecule has 3 aromatic heterocycles. The molecular weight excluding hydrogens is 280 g/mol. The molecule has 0 bridgehead atoms. The van der Waals surface area contributed by atoms with Crippen LogP contribution in [0.15, 0.2) is 17.5 Å². The zero-order valence-electron chi connectivity index (χ0n) is 10.2. The Balaban J connectivity index is 1.88. The van der Waals surface area contributed by atoms with Gasteiger partial charge in [0.2, 0.25) is 0 Å². The molecular formula is C14H14OS3. The zero-order valence-corrected chi connectivity index (χ0v) is 12.6. The Labute approximate surface area is 118 Å². The Bertz CT molecular complexity index is 686. The van der Waals surface area contributed by atoms with Gasteiger partial charge < -0.3 is 0 Å². The van der Waals surface area contributed by atoms with Crippen LogP contribution in [0.4, 0.5) is 0 Å². The van der Waals surface area contributed by atoms with Crippen LogP contribution in [0.1, 0.15) is 42.3 Å². The van der Waals surface area contributed by atoms with Crippen molar-refractivity contribution in [2.45, 2.75) is 32.6 Å². The SMILES string of the molecule is CCCCCC(=O)c1cc2sc3ccsc3c2s1. The van der Waals surface area contributed by atoms with Crippen LogP contribution in [-0.4, -0.2) is 5.78 Å². The van der Waals surface area contributed by atoms with Crippen LogP contribution >= 0.6 is 34.0 Å². The van der Waals surface area contributed by atoms with E-state index in [1.807, 2.05) is 0 Å². The zero-order chi connectivity index (χ0) is 12.5. The molecule has 0 radical (unpaired) electrons. The first-order valence-corrected chi connectivity index (χ1v) is 8.73. The van der Waals surface area contributed by atoms with Gasteiger partial charge in [-0.25, -0.2) is 0 Å². The molecule has 0 atom stereocenters. The van der Waals surface area contributed by atoms with Crippen LogP contribution in [0, 0.1) is 0 Å². The molecule has 3 heterocycles. The van der Waals surface area contributed by atoms with E-state index in [0.717, 1.165) is 17.7 Å². The molecule has 1 nitrogen and oxygen atoms in total. The van der Waals surface area contributed by atoms with Crippen LogP contribution in [0.2, 0.25) is 0 Å². The first kappa shape index (κ1) is 12.3. The lowest BCUT2D eigenvalue weighted by atomic mass is 10.1. The number of ketones is 1. The van der Waals surface area contributed by atoms with Crippen molar-refractivity contribution in [1.29, 1.82) is 0 Å². The van der Waals surface area contributed by atoms with Crippen LogP contribution in [0.3, 0.4) is 0 Å². The molecule has 0 aliphatic rings. The lowest BCUT2D eigenvalue weighted by Crippen LogP contribution is -1.94. The minimum absolute atomic E-state index is 0.321. The van der Waals surface area contributed by atoms with Crippen molar-refractivity contribution in [3.05, 3.63) is 22.4 Å². The van der Waals surface area contributed by atoms with E-state index in [4.69, 9.17) is 0 Å². The number of rotatable bonds is 5. The number of Topliss-reactive ketones (excluding diaryl/α,β-unsaturated/α-hetero) is 1. The van der Waals surface area contributed by atoms with Crippen molar-refractivity contribution in [3.8, 4) is 0 Å². The molecule has 94 valence electrons. The first-order valence-electron chi connectivity index (χ1n) is 6.22. The summed E-state index contributed by atoms with van der Waals surface area (Å²) >= 11 is 5.26. The van der Waals surface area contributed by atoms with Gasteiger partial charge in [0.1, 0.15) is 0 Å². The molecule has 0 saturated carbocycles. The number of hydrogen-bond acceptors (Lipinski definition) is 4. The molecule has 0 unspecified atom stereocenters. The van der Waals surface area contributed by atoms with Gasteiger partial charge in [0.25, 0.3) is 0 Å². The molecule has 0 aromatic carbocycles. The average molecular weight is 294 g/mol. The van der Waals surface area contributed by atoms with Crippen molar-refractivity contribution in [2.75, 3.05) is 0 Å². The number of thiophene rings is 3.